The number of nitrogens with zero attached hydrogens (tertiary/aromatic N) is 1. The van der Waals surface area contributed by atoms with Crippen LogP contribution in [0.2, 0.25) is 5.02 Å². The van der Waals surface area contributed by atoms with E-state index in [1.54, 1.807) is 6.92 Å². The molecule has 1 saturated carbocycles. The molecule has 1 aliphatic carbocycles. The lowest BCUT2D eigenvalue weighted by molar-refractivity contribution is -0.130. The maximum atomic E-state index is 12.7. The van der Waals surface area contributed by atoms with E-state index >= 15 is 0 Å². The maximum absolute atomic E-state index is 12.7. The lowest BCUT2D eigenvalue weighted by Gasteiger charge is -2.32. The average Bonchev–Trinajstić information content (AvgIpc) is 3.29. The SMILES string of the molecule is CC(=O)N1CCC(NC(=O)C2(c3cccc(Cl)c3)CC2)CC1. The van der Waals surface area contributed by atoms with Crippen molar-refractivity contribution >= 4 is 23.4 Å². The lowest BCUT2D eigenvalue weighted by Crippen LogP contribution is -2.48. The van der Waals surface area contributed by atoms with Gasteiger partial charge in [-0.05, 0) is 43.4 Å². The number of carbonyl (C=O) groups is 2. The molecular formula is C17H21ClN2O2. The zero-order chi connectivity index (χ0) is 15.7. The Bertz CT molecular complexity index is 590. The van der Waals surface area contributed by atoms with Crippen LogP contribution in [0.1, 0.15) is 38.2 Å². The molecule has 0 unspecified atom stereocenters. The van der Waals surface area contributed by atoms with Gasteiger partial charge in [0.1, 0.15) is 0 Å². The minimum Gasteiger partial charge on any atom is -0.352 e. The first kappa shape index (κ1) is 15.3. The highest BCUT2D eigenvalue weighted by molar-refractivity contribution is 6.30. The number of hydrogen-bond acceptors (Lipinski definition) is 2. The van der Waals surface area contributed by atoms with E-state index in [1.165, 1.54) is 0 Å². The van der Waals surface area contributed by atoms with E-state index in [1.807, 2.05) is 29.2 Å². The smallest absolute Gasteiger partial charge is 0.230 e. The van der Waals surface area contributed by atoms with Gasteiger partial charge < -0.3 is 10.2 Å². The van der Waals surface area contributed by atoms with Crippen LogP contribution in [0.5, 0.6) is 0 Å². The summed E-state index contributed by atoms with van der Waals surface area (Å²) in [6.45, 7) is 3.05. The van der Waals surface area contributed by atoms with Crippen molar-refractivity contribution in [1.82, 2.24) is 10.2 Å². The summed E-state index contributed by atoms with van der Waals surface area (Å²) in [7, 11) is 0. The first-order chi connectivity index (χ1) is 10.5. The summed E-state index contributed by atoms with van der Waals surface area (Å²) in [6.07, 6.45) is 3.42. The van der Waals surface area contributed by atoms with Crippen molar-refractivity contribution in [2.75, 3.05) is 13.1 Å². The Morgan fingerprint density at radius 2 is 1.95 bits per heavy atom. The van der Waals surface area contributed by atoms with Gasteiger partial charge in [0.15, 0.2) is 0 Å². The fraction of sp³-hybridized carbons (Fsp3) is 0.529. The highest BCUT2D eigenvalue weighted by Crippen LogP contribution is 2.49. The van der Waals surface area contributed by atoms with Crippen LogP contribution in [0.4, 0.5) is 0 Å². The number of rotatable bonds is 3. The van der Waals surface area contributed by atoms with Crippen molar-refractivity contribution in [3.63, 3.8) is 0 Å². The molecule has 2 aliphatic rings. The van der Waals surface area contributed by atoms with Crippen LogP contribution in [0.15, 0.2) is 24.3 Å². The van der Waals surface area contributed by atoms with E-state index in [0.717, 1.165) is 44.3 Å². The first-order valence-electron chi connectivity index (χ1n) is 7.84. The van der Waals surface area contributed by atoms with Crippen molar-refractivity contribution in [1.29, 1.82) is 0 Å². The van der Waals surface area contributed by atoms with Gasteiger partial charge in [-0.3, -0.25) is 9.59 Å². The van der Waals surface area contributed by atoms with Crippen LogP contribution < -0.4 is 5.32 Å². The van der Waals surface area contributed by atoms with Crippen molar-refractivity contribution in [2.24, 2.45) is 0 Å². The van der Waals surface area contributed by atoms with Crippen LogP contribution in [0.3, 0.4) is 0 Å². The third kappa shape index (κ3) is 2.98. The fourth-order valence-corrected chi connectivity index (χ4v) is 3.41. The molecule has 0 atom stereocenters. The molecule has 118 valence electrons. The number of hydrogen-bond donors (Lipinski definition) is 1. The summed E-state index contributed by atoms with van der Waals surface area (Å²) >= 11 is 6.05. The van der Waals surface area contributed by atoms with E-state index in [0.29, 0.717) is 5.02 Å². The van der Waals surface area contributed by atoms with E-state index < -0.39 is 0 Å². The molecule has 0 bridgehead atoms. The second-order valence-corrected chi connectivity index (χ2v) is 6.78. The van der Waals surface area contributed by atoms with Crippen LogP contribution in [0, 0.1) is 0 Å². The molecule has 4 nitrogen and oxygen atoms in total. The molecule has 0 aromatic heterocycles. The van der Waals surface area contributed by atoms with E-state index in [2.05, 4.69) is 5.32 Å². The molecule has 1 aromatic rings. The van der Waals surface area contributed by atoms with Crippen molar-refractivity contribution < 1.29 is 9.59 Å². The summed E-state index contributed by atoms with van der Waals surface area (Å²) in [5.74, 6) is 0.221. The summed E-state index contributed by atoms with van der Waals surface area (Å²) in [6, 6.07) is 7.77. The van der Waals surface area contributed by atoms with E-state index in [-0.39, 0.29) is 23.3 Å². The van der Waals surface area contributed by atoms with E-state index in [9.17, 15) is 9.59 Å². The highest BCUT2D eigenvalue weighted by atomic mass is 35.5. The predicted octanol–water partition coefficient (Wildman–Crippen LogP) is 2.50. The Hall–Kier alpha value is -1.55. The number of nitrogens with one attached hydrogen (secondary N) is 1. The molecule has 0 spiro atoms. The second kappa shape index (κ2) is 5.92. The molecule has 1 N–H and O–H groups in total. The number of halogens is 1. The molecule has 1 aliphatic heterocycles. The van der Waals surface area contributed by atoms with Crippen molar-refractivity contribution in [3.05, 3.63) is 34.9 Å². The van der Waals surface area contributed by atoms with Gasteiger partial charge in [0.05, 0.1) is 5.41 Å². The van der Waals surface area contributed by atoms with Crippen LogP contribution >= 0.6 is 11.6 Å². The fourth-order valence-electron chi connectivity index (χ4n) is 3.22. The summed E-state index contributed by atoms with van der Waals surface area (Å²) < 4.78 is 0. The zero-order valence-electron chi connectivity index (χ0n) is 12.8. The molecule has 5 heteroatoms. The third-order valence-corrected chi connectivity index (χ3v) is 5.07. The third-order valence-electron chi connectivity index (χ3n) is 4.84. The van der Waals surface area contributed by atoms with Gasteiger partial charge in [0, 0.05) is 31.1 Å². The number of amides is 2. The monoisotopic (exact) mass is 320 g/mol. The molecular weight excluding hydrogens is 300 g/mol. The van der Waals surface area contributed by atoms with Gasteiger partial charge >= 0.3 is 0 Å². The molecule has 2 fully saturated rings. The first-order valence-corrected chi connectivity index (χ1v) is 8.21. The lowest BCUT2D eigenvalue weighted by atomic mass is 9.94. The van der Waals surface area contributed by atoms with Gasteiger partial charge in [-0.15, -0.1) is 0 Å². The quantitative estimate of drug-likeness (QED) is 0.930. The maximum Gasteiger partial charge on any atom is 0.230 e. The van der Waals surface area contributed by atoms with Gasteiger partial charge in [-0.25, -0.2) is 0 Å². The average molecular weight is 321 g/mol. The molecule has 22 heavy (non-hydrogen) atoms. The van der Waals surface area contributed by atoms with Gasteiger partial charge in [-0.2, -0.15) is 0 Å². The highest BCUT2D eigenvalue weighted by Gasteiger charge is 2.51. The Morgan fingerprint density at radius 1 is 1.27 bits per heavy atom. The Balaban J connectivity index is 1.62. The second-order valence-electron chi connectivity index (χ2n) is 6.35. The molecule has 2 amide bonds. The number of carbonyl (C=O) groups excluding carboxylic acids is 2. The van der Waals surface area contributed by atoms with Crippen molar-refractivity contribution in [2.45, 2.75) is 44.1 Å². The standard InChI is InChI=1S/C17H21ClN2O2/c1-12(21)20-9-5-15(6-10-20)19-16(22)17(7-8-17)13-3-2-4-14(18)11-13/h2-4,11,15H,5-10H2,1H3,(H,19,22). The Morgan fingerprint density at radius 3 is 2.50 bits per heavy atom. The number of benzene rings is 1. The minimum absolute atomic E-state index is 0.107. The molecule has 1 aromatic carbocycles. The van der Waals surface area contributed by atoms with Crippen LogP contribution in [-0.2, 0) is 15.0 Å². The largest absolute Gasteiger partial charge is 0.352 e. The molecule has 1 saturated heterocycles. The minimum atomic E-state index is -0.386. The number of likely N-dealkylation sites (tertiary alicyclic amines) is 1. The summed E-state index contributed by atoms with van der Waals surface area (Å²) in [5.41, 5.74) is 0.626. The topological polar surface area (TPSA) is 49.4 Å². The van der Waals surface area contributed by atoms with Gasteiger partial charge in [0.25, 0.3) is 0 Å². The summed E-state index contributed by atoms with van der Waals surface area (Å²) in [4.78, 5) is 25.9. The Kier molecular flexibility index (Phi) is 4.13. The predicted molar refractivity (Wildman–Crippen MR) is 85.8 cm³/mol. The summed E-state index contributed by atoms with van der Waals surface area (Å²) in [5, 5.41) is 3.85. The number of piperidine rings is 1. The van der Waals surface area contributed by atoms with Crippen LogP contribution in [-0.4, -0.2) is 35.8 Å². The molecule has 3 rings (SSSR count). The molecule has 0 radical (unpaired) electrons. The van der Waals surface area contributed by atoms with Gasteiger partial charge in [-0.1, -0.05) is 23.7 Å². The van der Waals surface area contributed by atoms with Crippen LogP contribution in [0.25, 0.3) is 0 Å². The van der Waals surface area contributed by atoms with Crippen molar-refractivity contribution in [3.8, 4) is 0 Å². The molecule has 1 heterocycles. The zero-order valence-corrected chi connectivity index (χ0v) is 13.5. The van der Waals surface area contributed by atoms with E-state index in [4.69, 9.17) is 11.6 Å². The normalized spacial score (nSPS) is 20.5. The van der Waals surface area contributed by atoms with Gasteiger partial charge in [0.2, 0.25) is 11.8 Å². The Labute approximate surface area is 135 Å².